The van der Waals surface area contributed by atoms with Gasteiger partial charge in [-0.05, 0) is 36.9 Å². The van der Waals surface area contributed by atoms with Gasteiger partial charge in [-0.1, -0.05) is 25.1 Å². The first kappa shape index (κ1) is 18.8. The smallest absolute Gasteiger partial charge is 0.253 e. The number of rotatable bonds is 7. The van der Waals surface area contributed by atoms with Crippen LogP contribution >= 0.6 is 11.3 Å². The molecule has 1 aromatic carbocycles. The van der Waals surface area contributed by atoms with Crippen LogP contribution < -0.4 is 10.6 Å². The average Bonchev–Trinajstić information content (AvgIpc) is 3.30. The monoisotopic (exact) mass is 383 g/mol. The van der Waals surface area contributed by atoms with Gasteiger partial charge in [0.2, 0.25) is 11.8 Å². The van der Waals surface area contributed by atoms with Gasteiger partial charge in [0.05, 0.1) is 28.2 Å². The maximum absolute atomic E-state index is 12.5. The van der Waals surface area contributed by atoms with E-state index >= 15 is 0 Å². The zero-order valence-corrected chi connectivity index (χ0v) is 16.1. The van der Waals surface area contributed by atoms with Crippen LogP contribution in [0.5, 0.6) is 0 Å². The Balaban J connectivity index is 1.71. The van der Waals surface area contributed by atoms with E-state index in [0.717, 1.165) is 11.3 Å². The van der Waals surface area contributed by atoms with E-state index in [1.165, 1.54) is 11.3 Å². The van der Waals surface area contributed by atoms with Crippen LogP contribution in [0.25, 0.3) is 10.8 Å². The van der Waals surface area contributed by atoms with Gasteiger partial charge in [-0.25, -0.2) is 4.98 Å². The van der Waals surface area contributed by atoms with E-state index in [0.29, 0.717) is 35.1 Å². The normalized spacial score (nSPS) is 10.6. The Bertz CT molecular complexity index is 932. The second kappa shape index (κ2) is 8.64. The third-order valence-corrected chi connectivity index (χ3v) is 4.79. The van der Waals surface area contributed by atoms with Crippen molar-refractivity contribution in [2.24, 2.45) is 0 Å². The molecule has 0 aliphatic carbocycles. The van der Waals surface area contributed by atoms with Crippen LogP contribution in [0.2, 0.25) is 0 Å². The fourth-order valence-electron chi connectivity index (χ4n) is 2.57. The van der Waals surface area contributed by atoms with Crippen molar-refractivity contribution in [3.8, 4) is 10.8 Å². The molecular formula is C20H21N3O3S. The molecule has 7 heteroatoms. The van der Waals surface area contributed by atoms with Crippen molar-refractivity contribution in [3.63, 3.8) is 0 Å². The summed E-state index contributed by atoms with van der Waals surface area (Å²) in [7, 11) is 0. The number of para-hydroxylation sites is 1. The molecule has 2 aromatic heterocycles. The minimum Gasteiger partial charge on any atom is -0.440 e. The second-order valence-electron chi connectivity index (χ2n) is 6.03. The predicted octanol–water partition coefficient (Wildman–Crippen LogP) is 4.03. The molecule has 3 aromatic rings. The Kier molecular flexibility index (Phi) is 6.03. The number of oxazole rings is 1. The van der Waals surface area contributed by atoms with Crippen molar-refractivity contribution in [1.29, 1.82) is 0 Å². The van der Waals surface area contributed by atoms with Gasteiger partial charge < -0.3 is 15.1 Å². The number of nitrogens with one attached hydrogen (secondary N) is 2. The Morgan fingerprint density at radius 1 is 1.19 bits per heavy atom. The van der Waals surface area contributed by atoms with Crippen LogP contribution in [0.3, 0.4) is 0 Å². The summed E-state index contributed by atoms with van der Waals surface area (Å²) in [4.78, 5) is 30.1. The maximum Gasteiger partial charge on any atom is 0.253 e. The molecule has 0 saturated carbocycles. The number of carbonyl (C=O) groups is 2. The van der Waals surface area contributed by atoms with Crippen molar-refractivity contribution in [3.05, 3.63) is 58.8 Å². The molecule has 0 radical (unpaired) electrons. The van der Waals surface area contributed by atoms with Crippen LogP contribution in [-0.2, 0) is 11.2 Å². The minimum atomic E-state index is -0.250. The topological polar surface area (TPSA) is 84.2 Å². The van der Waals surface area contributed by atoms with Crippen LogP contribution in [0.4, 0.5) is 5.69 Å². The van der Waals surface area contributed by atoms with E-state index in [2.05, 4.69) is 15.6 Å². The van der Waals surface area contributed by atoms with Gasteiger partial charge in [0.1, 0.15) is 5.76 Å². The van der Waals surface area contributed by atoms with Crippen molar-refractivity contribution in [2.45, 2.75) is 26.7 Å². The van der Waals surface area contributed by atoms with Gasteiger partial charge in [0.25, 0.3) is 5.91 Å². The third-order valence-electron chi connectivity index (χ3n) is 3.93. The Morgan fingerprint density at radius 2 is 2.00 bits per heavy atom. The number of hydrogen-bond donors (Lipinski definition) is 2. The van der Waals surface area contributed by atoms with E-state index in [1.807, 2.05) is 24.4 Å². The van der Waals surface area contributed by atoms with E-state index in [4.69, 9.17) is 4.42 Å². The fourth-order valence-corrected chi connectivity index (χ4v) is 3.22. The number of benzene rings is 1. The number of hydrogen-bond acceptors (Lipinski definition) is 5. The number of aryl methyl sites for hydroxylation is 1. The minimum absolute atomic E-state index is 0.0750. The SMILES string of the molecule is CCCNC(=O)c1ccccc1NC(=O)Cc1nc(-c2cccs2)oc1C. The highest BCUT2D eigenvalue weighted by molar-refractivity contribution is 7.13. The lowest BCUT2D eigenvalue weighted by Crippen LogP contribution is -2.26. The van der Waals surface area contributed by atoms with Crippen molar-refractivity contribution in [1.82, 2.24) is 10.3 Å². The summed E-state index contributed by atoms with van der Waals surface area (Å²) in [5, 5.41) is 7.58. The largest absolute Gasteiger partial charge is 0.440 e. The quantitative estimate of drug-likeness (QED) is 0.645. The van der Waals surface area contributed by atoms with Crippen LogP contribution in [-0.4, -0.2) is 23.3 Å². The molecule has 0 aliphatic rings. The third kappa shape index (κ3) is 4.62. The molecule has 0 unspecified atom stereocenters. The van der Waals surface area contributed by atoms with Gasteiger partial charge in [-0.15, -0.1) is 11.3 Å². The molecule has 6 nitrogen and oxygen atoms in total. The van der Waals surface area contributed by atoms with Gasteiger partial charge in [0.15, 0.2) is 0 Å². The molecule has 3 rings (SSSR count). The zero-order chi connectivity index (χ0) is 19.2. The van der Waals surface area contributed by atoms with Crippen LogP contribution in [0.15, 0.2) is 46.2 Å². The number of aromatic nitrogens is 1. The summed E-state index contributed by atoms with van der Waals surface area (Å²) in [6.45, 7) is 4.36. The van der Waals surface area contributed by atoms with Crippen molar-refractivity contribution < 1.29 is 14.0 Å². The first-order chi connectivity index (χ1) is 13.1. The molecule has 2 amide bonds. The van der Waals surface area contributed by atoms with Gasteiger partial charge in [0, 0.05) is 6.54 Å². The van der Waals surface area contributed by atoms with E-state index < -0.39 is 0 Å². The lowest BCUT2D eigenvalue weighted by atomic mass is 10.1. The lowest BCUT2D eigenvalue weighted by Gasteiger charge is -2.10. The average molecular weight is 383 g/mol. The lowest BCUT2D eigenvalue weighted by molar-refractivity contribution is -0.115. The highest BCUT2D eigenvalue weighted by Crippen LogP contribution is 2.26. The molecule has 0 spiro atoms. The highest BCUT2D eigenvalue weighted by atomic mass is 32.1. The first-order valence-corrected chi connectivity index (χ1v) is 9.63. The standard InChI is InChI=1S/C20H21N3O3S/c1-3-10-21-19(25)14-7-4-5-8-15(14)22-18(24)12-16-13(2)26-20(23-16)17-9-6-11-27-17/h4-9,11H,3,10,12H2,1-2H3,(H,21,25)(H,22,24). The Hall–Kier alpha value is -2.93. The number of nitrogens with zero attached hydrogens (tertiary/aromatic N) is 1. The van der Waals surface area contributed by atoms with Crippen molar-refractivity contribution in [2.75, 3.05) is 11.9 Å². The summed E-state index contributed by atoms with van der Waals surface area (Å²) in [5.41, 5.74) is 1.51. The Labute approximate surface area is 161 Å². The fraction of sp³-hybridized carbons (Fsp3) is 0.250. The number of carbonyl (C=O) groups excluding carboxylic acids is 2. The molecule has 0 atom stereocenters. The molecule has 0 saturated heterocycles. The zero-order valence-electron chi connectivity index (χ0n) is 15.2. The number of anilines is 1. The molecule has 0 aliphatic heterocycles. The summed E-state index contributed by atoms with van der Waals surface area (Å²) < 4.78 is 5.67. The first-order valence-electron chi connectivity index (χ1n) is 8.75. The summed E-state index contributed by atoms with van der Waals surface area (Å²) >= 11 is 1.53. The molecular weight excluding hydrogens is 362 g/mol. The number of amides is 2. The maximum atomic E-state index is 12.5. The van der Waals surface area contributed by atoms with Gasteiger partial charge in [-0.3, -0.25) is 9.59 Å². The predicted molar refractivity (Wildman–Crippen MR) is 106 cm³/mol. The summed E-state index contributed by atoms with van der Waals surface area (Å²) in [6, 6.07) is 10.8. The second-order valence-corrected chi connectivity index (χ2v) is 6.97. The summed E-state index contributed by atoms with van der Waals surface area (Å²) in [5.74, 6) is 0.678. The van der Waals surface area contributed by atoms with Crippen LogP contribution in [0.1, 0.15) is 35.2 Å². The molecule has 2 heterocycles. The highest BCUT2D eigenvalue weighted by Gasteiger charge is 2.17. The van der Waals surface area contributed by atoms with Crippen LogP contribution in [0, 0.1) is 6.92 Å². The number of thiophene rings is 1. The van der Waals surface area contributed by atoms with E-state index in [9.17, 15) is 9.59 Å². The molecule has 0 bridgehead atoms. The van der Waals surface area contributed by atoms with E-state index in [1.54, 1.807) is 31.2 Å². The van der Waals surface area contributed by atoms with Crippen molar-refractivity contribution >= 4 is 28.8 Å². The Morgan fingerprint density at radius 3 is 2.74 bits per heavy atom. The molecule has 2 N–H and O–H groups in total. The van der Waals surface area contributed by atoms with Gasteiger partial charge >= 0.3 is 0 Å². The molecule has 140 valence electrons. The molecule has 27 heavy (non-hydrogen) atoms. The molecule has 0 fully saturated rings. The summed E-state index contributed by atoms with van der Waals surface area (Å²) in [6.07, 6.45) is 0.921. The van der Waals surface area contributed by atoms with Gasteiger partial charge in [-0.2, -0.15) is 0 Å². The van der Waals surface area contributed by atoms with E-state index in [-0.39, 0.29) is 18.2 Å².